The van der Waals surface area contributed by atoms with E-state index in [4.69, 9.17) is 9.15 Å². The Morgan fingerprint density at radius 1 is 1.36 bits per heavy atom. The van der Waals surface area contributed by atoms with Crippen LogP contribution in [0.3, 0.4) is 0 Å². The minimum absolute atomic E-state index is 0.178. The molecule has 1 amide bonds. The van der Waals surface area contributed by atoms with E-state index in [1.54, 1.807) is 30.8 Å². The third-order valence-corrected chi connectivity index (χ3v) is 3.27. The molecule has 22 heavy (non-hydrogen) atoms. The molecule has 112 valence electrons. The SMILES string of the molecule is CCOc1cc(C(=O)NCc2cccnc2)cc2occc12. The standard InChI is InChI=1S/C17H16N2O3/c1-2-21-15-8-13(9-16-14(15)5-7-22-16)17(20)19-11-12-4-3-6-18-10-12/h3-10H,2,11H2,1H3,(H,19,20). The highest BCUT2D eigenvalue weighted by molar-refractivity contribution is 5.99. The molecular weight excluding hydrogens is 280 g/mol. The van der Waals surface area contributed by atoms with E-state index in [-0.39, 0.29) is 5.91 Å². The first-order chi connectivity index (χ1) is 10.8. The van der Waals surface area contributed by atoms with E-state index in [1.165, 1.54) is 0 Å². The fraction of sp³-hybridized carbons (Fsp3) is 0.176. The van der Waals surface area contributed by atoms with Gasteiger partial charge in [0, 0.05) is 24.5 Å². The fourth-order valence-electron chi connectivity index (χ4n) is 2.23. The number of hydrogen-bond acceptors (Lipinski definition) is 4. The van der Waals surface area contributed by atoms with Gasteiger partial charge in [-0.15, -0.1) is 0 Å². The predicted molar refractivity (Wildman–Crippen MR) is 82.8 cm³/mol. The molecule has 0 aliphatic rings. The Morgan fingerprint density at radius 2 is 2.27 bits per heavy atom. The molecule has 0 aliphatic carbocycles. The van der Waals surface area contributed by atoms with Gasteiger partial charge < -0.3 is 14.5 Å². The Kier molecular flexibility index (Phi) is 4.05. The maximum absolute atomic E-state index is 12.3. The molecule has 0 bridgehead atoms. The van der Waals surface area contributed by atoms with Crippen LogP contribution in [0.4, 0.5) is 0 Å². The first kappa shape index (κ1) is 14.1. The molecule has 3 aromatic rings. The number of carbonyl (C=O) groups excluding carboxylic acids is 1. The Hall–Kier alpha value is -2.82. The lowest BCUT2D eigenvalue weighted by atomic mass is 10.1. The molecule has 0 unspecified atom stereocenters. The zero-order valence-electron chi connectivity index (χ0n) is 12.2. The summed E-state index contributed by atoms with van der Waals surface area (Å²) >= 11 is 0. The van der Waals surface area contributed by atoms with Crippen LogP contribution in [0.5, 0.6) is 5.75 Å². The molecule has 0 saturated carbocycles. The molecule has 0 radical (unpaired) electrons. The Bertz CT molecular complexity index is 781. The van der Waals surface area contributed by atoms with Gasteiger partial charge in [-0.2, -0.15) is 0 Å². The lowest BCUT2D eigenvalue weighted by Crippen LogP contribution is -2.22. The van der Waals surface area contributed by atoms with Crippen LogP contribution in [0.2, 0.25) is 0 Å². The van der Waals surface area contributed by atoms with Crippen molar-refractivity contribution in [3.63, 3.8) is 0 Å². The average Bonchev–Trinajstić information content (AvgIpc) is 3.02. The van der Waals surface area contributed by atoms with Gasteiger partial charge >= 0.3 is 0 Å². The Labute approximate surface area is 127 Å². The predicted octanol–water partition coefficient (Wildman–Crippen LogP) is 3.16. The number of ether oxygens (including phenoxy) is 1. The zero-order valence-corrected chi connectivity index (χ0v) is 12.2. The summed E-state index contributed by atoms with van der Waals surface area (Å²) in [6.07, 6.45) is 5.01. The molecule has 2 heterocycles. The molecule has 1 aromatic carbocycles. The van der Waals surface area contributed by atoms with Crippen molar-refractivity contribution in [2.75, 3.05) is 6.61 Å². The number of amides is 1. The molecule has 5 nitrogen and oxygen atoms in total. The van der Waals surface area contributed by atoms with Crippen LogP contribution < -0.4 is 10.1 Å². The third-order valence-electron chi connectivity index (χ3n) is 3.27. The quantitative estimate of drug-likeness (QED) is 0.785. The van der Waals surface area contributed by atoms with Crippen molar-refractivity contribution in [2.45, 2.75) is 13.5 Å². The van der Waals surface area contributed by atoms with Gasteiger partial charge in [-0.1, -0.05) is 6.07 Å². The van der Waals surface area contributed by atoms with Crippen LogP contribution in [-0.2, 0) is 6.54 Å². The number of nitrogens with zero attached hydrogens (tertiary/aromatic N) is 1. The summed E-state index contributed by atoms with van der Waals surface area (Å²) in [5, 5.41) is 3.73. The van der Waals surface area contributed by atoms with E-state index < -0.39 is 0 Å². The number of rotatable bonds is 5. The molecule has 0 spiro atoms. The second-order valence-electron chi connectivity index (χ2n) is 4.78. The molecule has 5 heteroatoms. The minimum atomic E-state index is -0.178. The molecular formula is C17H16N2O3. The summed E-state index contributed by atoms with van der Waals surface area (Å²) in [4.78, 5) is 16.3. The summed E-state index contributed by atoms with van der Waals surface area (Å²) in [5.41, 5.74) is 2.09. The van der Waals surface area contributed by atoms with Crippen molar-refractivity contribution in [3.8, 4) is 5.75 Å². The van der Waals surface area contributed by atoms with Crippen molar-refractivity contribution >= 4 is 16.9 Å². The zero-order chi connectivity index (χ0) is 15.4. The van der Waals surface area contributed by atoms with Crippen LogP contribution in [-0.4, -0.2) is 17.5 Å². The number of nitrogens with one attached hydrogen (secondary N) is 1. The van der Waals surface area contributed by atoms with E-state index in [2.05, 4.69) is 10.3 Å². The number of fused-ring (bicyclic) bond motifs is 1. The summed E-state index contributed by atoms with van der Waals surface area (Å²) in [7, 11) is 0. The highest BCUT2D eigenvalue weighted by atomic mass is 16.5. The summed E-state index contributed by atoms with van der Waals surface area (Å²) < 4.78 is 11.0. The van der Waals surface area contributed by atoms with Crippen LogP contribution in [0, 0.1) is 0 Å². The van der Waals surface area contributed by atoms with Gasteiger partial charge in [0.05, 0.1) is 18.3 Å². The lowest BCUT2D eigenvalue weighted by molar-refractivity contribution is 0.0950. The first-order valence-electron chi connectivity index (χ1n) is 7.09. The molecule has 0 saturated heterocycles. The number of aromatic nitrogens is 1. The number of benzene rings is 1. The van der Waals surface area contributed by atoms with Gasteiger partial charge in [-0.25, -0.2) is 0 Å². The first-order valence-corrected chi connectivity index (χ1v) is 7.09. The second-order valence-corrected chi connectivity index (χ2v) is 4.78. The number of hydrogen-bond donors (Lipinski definition) is 1. The molecule has 0 atom stereocenters. The van der Waals surface area contributed by atoms with Crippen LogP contribution in [0.1, 0.15) is 22.8 Å². The number of furan rings is 1. The van der Waals surface area contributed by atoms with Crippen molar-refractivity contribution in [3.05, 3.63) is 60.1 Å². The Morgan fingerprint density at radius 3 is 3.05 bits per heavy atom. The van der Waals surface area contributed by atoms with Crippen LogP contribution in [0.15, 0.2) is 53.4 Å². The van der Waals surface area contributed by atoms with Crippen molar-refractivity contribution in [1.29, 1.82) is 0 Å². The topological polar surface area (TPSA) is 64.4 Å². The van der Waals surface area contributed by atoms with E-state index in [0.717, 1.165) is 10.9 Å². The highest BCUT2D eigenvalue weighted by Crippen LogP contribution is 2.28. The number of carbonyl (C=O) groups is 1. The van der Waals surface area contributed by atoms with E-state index in [9.17, 15) is 4.79 Å². The van der Waals surface area contributed by atoms with Gasteiger partial charge in [-0.3, -0.25) is 9.78 Å². The Balaban J connectivity index is 1.81. The third kappa shape index (κ3) is 2.93. The lowest BCUT2D eigenvalue weighted by Gasteiger charge is -2.08. The van der Waals surface area contributed by atoms with Gasteiger partial charge in [0.25, 0.3) is 5.91 Å². The maximum atomic E-state index is 12.3. The van der Waals surface area contributed by atoms with Crippen LogP contribution >= 0.6 is 0 Å². The molecule has 1 N–H and O–H groups in total. The summed E-state index contributed by atoms with van der Waals surface area (Å²) in [6, 6.07) is 9.03. The van der Waals surface area contributed by atoms with Gasteiger partial charge in [0.1, 0.15) is 11.3 Å². The fourth-order valence-corrected chi connectivity index (χ4v) is 2.23. The van der Waals surface area contributed by atoms with E-state index >= 15 is 0 Å². The number of pyridine rings is 1. The van der Waals surface area contributed by atoms with Gasteiger partial charge in [0.2, 0.25) is 0 Å². The van der Waals surface area contributed by atoms with E-state index in [0.29, 0.717) is 30.0 Å². The second kappa shape index (κ2) is 6.30. The van der Waals surface area contributed by atoms with E-state index in [1.807, 2.05) is 25.1 Å². The van der Waals surface area contributed by atoms with Gasteiger partial charge in [-0.05, 0) is 36.8 Å². The van der Waals surface area contributed by atoms with Crippen molar-refractivity contribution in [2.24, 2.45) is 0 Å². The average molecular weight is 296 g/mol. The largest absolute Gasteiger partial charge is 0.493 e. The van der Waals surface area contributed by atoms with Crippen molar-refractivity contribution < 1.29 is 13.9 Å². The van der Waals surface area contributed by atoms with Crippen molar-refractivity contribution in [1.82, 2.24) is 10.3 Å². The molecule has 0 aliphatic heterocycles. The summed E-state index contributed by atoms with van der Waals surface area (Å²) in [6.45, 7) is 2.86. The maximum Gasteiger partial charge on any atom is 0.251 e. The minimum Gasteiger partial charge on any atom is -0.493 e. The molecule has 3 rings (SSSR count). The normalized spacial score (nSPS) is 10.6. The molecule has 0 fully saturated rings. The summed E-state index contributed by atoms with van der Waals surface area (Å²) in [5.74, 6) is 0.475. The van der Waals surface area contributed by atoms with Crippen LogP contribution in [0.25, 0.3) is 11.0 Å². The highest BCUT2D eigenvalue weighted by Gasteiger charge is 2.12. The molecule has 2 aromatic heterocycles. The smallest absolute Gasteiger partial charge is 0.251 e. The monoisotopic (exact) mass is 296 g/mol. The van der Waals surface area contributed by atoms with Gasteiger partial charge in [0.15, 0.2) is 0 Å².